The van der Waals surface area contributed by atoms with Crippen LogP contribution in [-0.4, -0.2) is 133 Å². The van der Waals surface area contributed by atoms with E-state index in [1.54, 1.807) is 0 Å². The Morgan fingerprint density at radius 3 is 0.923 bits per heavy atom. The first-order valence-corrected chi connectivity index (χ1v) is 58.3. The van der Waals surface area contributed by atoms with Crippen molar-refractivity contribution in [2.24, 2.45) is 69.9 Å². The van der Waals surface area contributed by atoms with Crippen molar-refractivity contribution in [3.63, 3.8) is 0 Å². The Balaban J connectivity index is 0.000000536. The minimum absolute atomic E-state index is 0.0846. The number of nitrogens with two attached hydrogens (primary N) is 6. The van der Waals surface area contributed by atoms with Crippen LogP contribution in [-0.2, 0) is 72.9 Å². The normalized spacial score (nSPS) is 13.8. The highest BCUT2D eigenvalue weighted by Crippen LogP contribution is 2.47. The Kier molecular flexibility index (Phi) is 60.4. The van der Waals surface area contributed by atoms with E-state index in [4.69, 9.17) is 57.5 Å². The molecule has 0 fully saturated rings. The molecule has 142 heavy (non-hydrogen) atoms. The van der Waals surface area contributed by atoms with Crippen LogP contribution in [0.25, 0.3) is 0 Å². The molecule has 1 aliphatic rings. The van der Waals surface area contributed by atoms with Gasteiger partial charge in [0.2, 0.25) is 35.4 Å². The molecule has 794 valence electrons. The molecule has 6 amide bonds. The first kappa shape index (κ1) is 125. The fourth-order valence-corrected chi connectivity index (χ4v) is 31.0. The van der Waals surface area contributed by atoms with Crippen molar-refractivity contribution in [3.05, 3.63) is 191 Å². The maximum atomic E-state index is 14.5. The molecule has 0 spiro atoms. The number of benzene rings is 6. The van der Waals surface area contributed by atoms with Gasteiger partial charge in [-0.3, -0.25) is 38.4 Å². The molecule has 16 N–H and O–H groups in total. The molecule has 0 saturated carbocycles. The SMILES string of the molecule is CC(C)C[C@H](CC(=O)[C@@H](N)Cc1ccccc1)C(=O)NC1c2ccc(OCCCCCCCCCCCO[Si](C(C)C)(C(C)C)C(C)C)cc2Oc2cc(OCCCCCCCCCCCO[Si](C(C)C)(C(C)C)C(C)C)ccc21.CC(C)C[C@H](CC(=O)[C@@H](N)Cc1ccccc1)C(N)=O.CC(C)C[C@H](NC(=O)[C@@H](N)Cc1ccccc1)C(N)=O.CCNC(=O)[C@H](CC(C)C)NC(=O)[C@@H](N)Cc1ccccc1. The Hall–Kier alpha value is -8.93. The third kappa shape index (κ3) is 46.6. The van der Waals surface area contributed by atoms with Crippen molar-refractivity contribution in [1.29, 1.82) is 0 Å². The van der Waals surface area contributed by atoms with E-state index < -0.39 is 82.6 Å². The number of hydrogen-bond donors (Lipinski definition) is 10. The summed E-state index contributed by atoms with van der Waals surface area (Å²) in [6.07, 6.45) is 26.1. The fourth-order valence-electron chi connectivity index (χ4n) is 20.0. The summed E-state index contributed by atoms with van der Waals surface area (Å²) in [5, 5.41) is 11.5. The topological polar surface area (TPSA) is 387 Å². The van der Waals surface area contributed by atoms with Crippen LogP contribution in [0.1, 0.15) is 339 Å². The zero-order valence-electron chi connectivity index (χ0n) is 91.1. The van der Waals surface area contributed by atoms with E-state index in [0.717, 1.165) is 83.8 Å². The number of ether oxygens (including phenoxy) is 3. The van der Waals surface area contributed by atoms with Gasteiger partial charge >= 0.3 is 0 Å². The zero-order valence-corrected chi connectivity index (χ0v) is 93.1. The molecule has 0 aliphatic carbocycles. The molecule has 1 heterocycles. The number of ketones is 2. The number of amides is 6. The second-order valence-electron chi connectivity index (χ2n) is 43.1. The number of nitrogens with one attached hydrogen (secondary N) is 4. The van der Waals surface area contributed by atoms with Crippen molar-refractivity contribution in [2.45, 2.75) is 401 Å². The Morgan fingerprint density at radius 2 is 0.620 bits per heavy atom. The van der Waals surface area contributed by atoms with Gasteiger partial charge in [0.1, 0.15) is 35.1 Å². The minimum Gasteiger partial charge on any atom is -0.493 e. The molecule has 7 rings (SSSR count). The molecule has 0 radical (unpaired) electrons. The Morgan fingerprint density at radius 1 is 0.331 bits per heavy atom. The number of Topliss-reactive ketones (excluding diaryl/α,β-unsaturated/α-hetero) is 2. The van der Waals surface area contributed by atoms with E-state index in [1.807, 2.05) is 206 Å². The Labute approximate surface area is 858 Å². The predicted molar refractivity (Wildman–Crippen MR) is 589 cm³/mol. The van der Waals surface area contributed by atoms with Crippen LogP contribution in [0.4, 0.5) is 0 Å². The monoisotopic (exact) mass is 2000 g/mol. The van der Waals surface area contributed by atoms with Gasteiger partial charge in [-0.25, -0.2) is 0 Å². The maximum absolute atomic E-state index is 14.5. The second-order valence-corrected chi connectivity index (χ2v) is 54.0. The van der Waals surface area contributed by atoms with Crippen molar-refractivity contribution >= 4 is 63.6 Å². The Bertz CT molecular complexity index is 4300. The third-order valence-corrected chi connectivity index (χ3v) is 39.5. The third-order valence-electron chi connectivity index (χ3n) is 27.3. The number of carbonyl (C=O) groups is 8. The summed E-state index contributed by atoms with van der Waals surface area (Å²) >= 11 is 0. The van der Waals surface area contributed by atoms with Crippen molar-refractivity contribution < 1.29 is 61.4 Å². The summed E-state index contributed by atoms with van der Waals surface area (Å²) < 4.78 is 32.9. The number of fused-ring (bicyclic) bond motifs is 2. The number of carbonyl (C=O) groups excluding carboxylic acids is 8. The van der Waals surface area contributed by atoms with Crippen molar-refractivity contribution in [3.8, 4) is 23.0 Å². The molecule has 8 atom stereocenters. The van der Waals surface area contributed by atoms with E-state index in [2.05, 4.69) is 118 Å². The molecular weight excluding hydrogens is 1810 g/mol. The number of rotatable bonds is 66. The lowest BCUT2D eigenvalue weighted by Gasteiger charge is -2.42. The highest BCUT2D eigenvalue weighted by atomic mass is 28.4. The van der Waals surface area contributed by atoms with Gasteiger partial charge in [-0.1, -0.05) is 350 Å². The quantitative estimate of drug-likeness (QED) is 0.0125. The van der Waals surface area contributed by atoms with E-state index >= 15 is 0 Å². The summed E-state index contributed by atoms with van der Waals surface area (Å²) in [6, 6.07) is 46.2. The van der Waals surface area contributed by atoms with Gasteiger partial charge in [0.05, 0.1) is 43.4 Å². The number of likely N-dealkylation sites (N-methyl/N-ethyl adjacent to an activating group) is 1. The summed E-state index contributed by atoms with van der Waals surface area (Å²) in [4.78, 5) is 99.2. The summed E-state index contributed by atoms with van der Waals surface area (Å²) in [6.45, 7) is 50.1. The van der Waals surface area contributed by atoms with Crippen molar-refractivity contribution in [1.82, 2.24) is 21.3 Å². The van der Waals surface area contributed by atoms with Gasteiger partial charge < -0.3 is 78.7 Å². The molecule has 0 bridgehead atoms. The maximum Gasteiger partial charge on any atom is 0.242 e. The van der Waals surface area contributed by atoms with Crippen LogP contribution in [0, 0.1) is 35.5 Å². The van der Waals surface area contributed by atoms with E-state index in [1.165, 1.54) is 89.9 Å². The molecule has 0 unspecified atom stereocenters. The lowest BCUT2D eigenvalue weighted by Crippen LogP contribution is -2.52. The molecular formula is C117H190N10O13Si2. The average Bonchev–Trinajstić information content (AvgIpc) is 0.763. The molecule has 0 saturated heterocycles. The highest BCUT2D eigenvalue weighted by Gasteiger charge is 2.46. The van der Waals surface area contributed by atoms with E-state index in [-0.39, 0.29) is 59.9 Å². The first-order chi connectivity index (χ1) is 67.5. The van der Waals surface area contributed by atoms with E-state index in [9.17, 15) is 38.4 Å². The number of unbranched alkanes of at least 4 members (excludes halogenated alkanes) is 16. The largest absolute Gasteiger partial charge is 0.493 e. The fraction of sp³-hybridized carbons (Fsp3) is 0.624. The van der Waals surface area contributed by atoms with Crippen LogP contribution >= 0.6 is 0 Å². The standard InChI is InChI=1S/C69H116N2O7Si2.C17H27N3O2.C16H24N2O2.C15H23N3O2/c1-51(2)46-59(48-65(72)64(70)47-58-36-30-29-31-37-58)69(73)71-68-62-40-38-60(74-42-32-25-21-17-15-19-23-27-34-44-76-79(52(3)4,53(5)6)54(7)8)49-66(62)78-67-50-61(39-41-63(67)68)75-43-33-26-22-18-16-20-24-28-35-45-77-80(55(9)10,56(11)12)57(13)14;1-4-19-17(22)15(10-12(2)3)20-16(21)14(18)11-13-8-6-5-7-9-13;1-11(2)8-13(16(18)20)10-15(19)14(17)9-12-6-4-3-5-7-12;1-10(2)8-13(14(17)19)18-15(20)12(16)9-11-6-4-3-5-7-11/h29-31,36-41,49-57,59,64,68H,15-28,32-35,42-48,70H2,1-14H3,(H,71,73);5-9,12,14-15H,4,10-11,18H2,1-3H3,(H,19,22)(H,20,21);3-7,11,13-14H,8-10,17H2,1-2H3,(H2,18,20);3-7,10,12-13H,8-9,16H2,1-2H3,(H2,17,19)(H,18,20)/t59-,64+;14-,15-;13-,14+;12-,13-/m1010/s1. The molecule has 6 aromatic carbocycles. The molecule has 1 aliphatic heterocycles. The first-order valence-electron chi connectivity index (χ1n) is 54.0. The second kappa shape index (κ2) is 68.4. The van der Waals surface area contributed by atoms with Crippen LogP contribution in [0.3, 0.4) is 0 Å². The summed E-state index contributed by atoms with van der Waals surface area (Å²) in [5.74, 6) is 0.823. The smallest absolute Gasteiger partial charge is 0.242 e. The van der Waals surface area contributed by atoms with Crippen LogP contribution < -0.4 is 69.9 Å². The minimum atomic E-state index is -1.77. The van der Waals surface area contributed by atoms with Gasteiger partial charge in [0.15, 0.2) is 28.2 Å². The lowest BCUT2D eigenvalue weighted by atomic mass is 9.87. The molecule has 23 nitrogen and oxygen atoms in total. The predicted octanol–water partition coefficient (Wildman–Crippen LogP) is 22.8. The average molecular weight is 2000 g/mol. The summed E-state index contributed by atoms with van der Waals surface area (Å²) in [7, 11) is -3.53. The molecule has 0 aromatic heterocycles. The molecule has 25 heteroatoms. The van der Waals surface area contributed by atoms with Crippen molar-refractivity contribution in [2.75, 3.05) is 33.0 Å². The number of hydrogen-bond acceptors (Lipinski definition) is 17. The van der Waals surface area contributed by atoms with Gasteiger partial charge in [-0.15, -0.1) is 0 Å². The highest BCUT2D eigenvalue weighted by molar-refractivity contribution is 6.78. The lowest BCUT2D eigenvalue weighted by molar-refractivity contribution is -0.130. The molecule has 6 aromatic rings. The van der Waals surface area contributed by atoms with Gasteiger partial charge in [-0.2, -0.15) is 0 Å². The van der Waals surface area contributed by atoms with Gasteiger partial charge in [0.25, 0.3) is 0 Å². The van der Waals surface area contributed by atoms with Crippen LogP contribution in [0.2, 0.25) is 33.2 Å². The van der Waals surface area contributed by atoms with Gasteiger partial charge in [-0.05, 0) is 187 Å². The van der Waals surface area contributed by atoms with Crippen LogP contribution in [0.5, 0.6) is 23.0 Å². The zero-order chi connectivity index (χ0) is 105. The summed E-state index contributed by atoms with van der Waals surface area (Å²) in [5.41, 5.74) is 44.4. The number of primary amides is 2. The van der Waals surface area contributed by atoms with E-state index in [0.29, 0.717) is 128 Å². The van der Waals surface area contributed by atoms with Gasteiger partial charge in [0, 0.05) is 67.7 Å². The van der Waals surface area contributed by atoms with Crippen LogP contribution in [0.15, 0.2) is 158 Å².